The van der Waals surface area contributed by atoms with Crippen LogP contribution in [0.2, 0.25) is 0 Å². The van der Waals surface area contributed by atoms with Crippen LogP contribution in [0.5, 0.6) is 5.88 Å². The third-order valence-electron chi connectivity index (χ3n) is 10.5. The van der Waals surface area contributed by atoms with Crippen molar-refractivity contribution in [2.75, 3.05) is 51.4 Å². The summed E-state index contributed by atoms with van der Waals surface area (Å²) in [5, 5.41) is 14.7. The fraction of sp³-hybridized carbons (Fsp3) is 0.576. The van der Waals surface area contributed by atoms with Gasteiger partial charge >= 0.3 is 0 Å². The molecule has 0 saturated carbocycles. The summed E-state index contributed by atoms with van der Waals surface area (Å²) in [7, 11) is 6.16. The minimum absolute atomic E-state index is 0.0411. The molecule has 4 heterocycles. The van der Waals surface area contributed by atoms with Crippen molar-refractivity contribution in [3.8, 4) is 23.5 Å². The number of aromatic nitrogens is 3. The Kier molecular flexibility index (Phi) is 7.25. The van der Waals surface area contributed by atoms with Gasteiger partial charge in [0.2, 0.25) is 5.88 Å². The van der Waals surface area contributed by atoms with Crippen molar-refractivity contribution in [3.05, 3.63) is 46.2 Å². The smallest absolute Gasteiger partial charge is 0.219 e. The van der Waals surface area contributed by atoms with E-state index in [4.69, 9.17) is 25.0 Å². The van der Waals surface area contributed by atoms with Crippen LogP contribution in [0.15, 0.2) is 22.7 Å². The van der Waals surface area contributed by atoms with Gasteiger partial charge in [-0.15, -0.1) is 0 Å². The molecule has 1 spiro atoms. The summed E-state index contributed by atoms with van der Waals surface area (Å²) >= 11 is 0. The number of nitrogen functional groups attached to an aromatic ring is 1. The topological polar surface area (TPSA) is 121 Å². The van der Waals surface area contributed by atoms with Crippen molar-refractivity contribution in [1.82, 2.24) is 24.9 Å². The zero-order valence-corrected chi connectivity index (χ0v) is 26.0. The Morgan fingerprint density at radius 1 is 1.23 bits per heavy atom. The number of nitrogens with zero attached hydrogens (tertiary/aromatic N) is 7. The highest BCUT2D eigenvalue weighted by molar-refractivity contribution is 5.68. The molecule has 2 aliphatic heterocycles. The molecule has 7 rings (SSSR count). The van der Waals surface area contributed by atoms with Crippen LogP contribution in [-0.4, -0.2) is 90.1 Å². The van der Waals surface area contributed by atoms with Crippen molar-refractivity contribution in [3.63, 3.8) is 0 Å². The lowest BCUT2D eigenvalue weighted by Gasteiger charge is -2.33. The first-order chi connectivity index (χ1) is 21.2. The van der Waals surface area contributed by atoms with Gasteiger partial charge in [0.25, 0.3) is 0 Å². The van der Waals surface area contributed by atoms with Gasteiger partial charge in [0.1, 0.15) is 24.2 Å². The molecule has 2 aromatic heterocycles. The van der Waals surface area contributed by atoms with E-state index >= 15 is 0 Å². The lowest BCUT2D eigenvalue weighted by Crippen LogP contribution is -2.38. The van der Waals surface area contributed by atoms with Crippen LogP contribution in [0.25, 0.3) is 11.5 Å². The molecular weight excluding hydrogens is 559 g/mol. The maximum absolute atomic E-state index is 14.2. The Morgan fingerprint density at radius 3 is 2.80 bits per heavy atom. The highest BCUT2D eigenvalue weighted by Crippen LogP contribution is 2.54. The number of likely N-dealkylation sites (tertiary alicyclic amines) is 1. The zero-order chi connectivity index (χ0) is 30.7. The van der Waals surface area contributed by atoms with E-state index in [2.05, 4.69) is 35.1 Å². The average Bonchev–Trinajstić information content (AvgIpc) is 3.79. The first-order valence-electron chi connectivity index (χ1n) is 15.8. The van der Waals surface area contributed by atoms with Crippen molar-refractivity contribution >= 4 is 11.5 Å². The second-order valence-electron chi connectivity index (χ2n) is 13.4. The molecule has 0 bridgehead atoms. The van der Waals surface area contributed by atoms with Gasteiger partial charge in [-0.3, -0.25) is 4.90 Å². The monoisotopic (exact) mass is 600 g/mol. The molecule has 2 saturated heterocycles. The van der Waals surface area contributed by atoms with Crippen LogP contribution in [0, 0.1) is 11.3 Å². The number of nitriles is 1. The number of alkyl halides is 1. The molecule has 5 atom stereocenters. The first kappa shape index (κ1) is 29.0. The number of hydrogen-bond donors (Lipinski definition) is 1. The van der Waals surface area contributed by atoms with Crippen LogP contribution >= 0.6 is 0 Å². The number of nitrogens with two attached hydrogens (primary N) is 1. The van der Waals surface area contributed by atoms with Gasteiger partial charge in [-0.05, 0) is 90.2 Å². The van der Waals surface area contributed by atoms with Crippen molar-refractivity contribution in [2.45, 2.75) is 81.6 Å². The first-order valence-corrected chi connectivity index (χ1v) is 15.8. The van der Waals surface area contributed by atoms with Crippen molar-refractivity contribution in [1.29, 1.82) is 5.26 Å². The summed E-state index contributed by atoms with van der Waals surface area (Å²) in [6.45, 7) is 4.12. The van der Waals surface area contributed by atoms with Crippen molar-refractivity contribution in [2.24, 2.45) is 0 Å². The molecule has 4 aliphatic rings. The predicted octanol–water partition coefficient (Wildman–Crippen LogP) is 4.10. The molecule has 3 aromatic rings. The molecule has 11 heteroatoms. The van der Waals surface area contributed by atoms with E-state index in [1.165, 1.54) is 0 Å². The number of ether oxygens (including phenoxy) is 1. The number of likely N-dealkylation sites (N-methyl/N-ethyl adjacent to an activating group) is 2. The summed E-state index contributed by atoms with van der Waals surface area (Å²) in [6.07, 6.45) is 4.65. The third-order valence-corrected chi connectivity index (χ3v) is 10.5. The number of benzene rings is 1. The summed E-state index contributed by atoms with van der Waals surface area (Å²) in [5.74, 6) is 2.52. The minimum Gasteiger partial charge on any atom is -0.473 e. The molecule has 0 amide bonds. The Bertz CT molecular complexity index is 1620. The van der Waals surface area contributed by atoms with Crippen LogP contribution in [0.4, 0.5) is 15.9 Å². The maximum Gasteiger partial charge on any atom is 0.219 e. The Labute approximate surface area is 258 Å². The van der Waals surface area contributed by atoms with E-state index in [0.717, 1.165) is 79.9 Å². The SMILES string of the molecule is C[C@H](Oc1cc(N2CC[C@H](N(C)C)C2)nc(-c2noc3c2CCC[C@@]32CCc3ccc(N)c(C#N)c32)n1)[C@@H]1C[C@@H](F)CN1C. The standard InChI is InChI=1S/C33H41FN8O2/c1-19(26-14-21(34)17-41(26)4)43-28-15-27(42-13-10-22(18-42)40(2)3)37-32(38-28)30-23-6-5-11-33(31(23)44-39-30)12-9-20-7-8-25(36)24(16-35)29(20)33/h7-8,15,19,21-22,26H,5-6,9-14,17-18,36H2,1-4H3/t19-,21+,22-,26-,33-/m0/s1. The molecule has 2 fully saturated rings. The Hall–Kier alpha value is -3.75. The van der Waals surface area contributed by atoms with Crippen LogP contribution in [-0.2, 0) is 18.3 Å². The van der Waals surface area contributed by atoms with Gasteiger partial charge in [-0.1, -0.05) is 11.2 Å². The van der Waals surface area contributed by atoms with Gasteiger partial charge in [0.15, 0.2) is 17.3 Å². The summed E-state index contributed by atoms with van der Waals surface area (Å²) in [5.41, 5.74) is 10.7. The lowest BCUT2D eigenvalue weighted by molar-refractivity contribution is 0.117. The van der Waals surface area contributed by atoms with Crippen LogP contribution < -0.4 is 15.4 Å². The fourth-order valence-corrected chi connectivity index (χ4v) is 8.16. The quantitative estimate of drug-likeness (QED) is 0.414. The van der Waals surface area contributed by atoms with E-state index < -0.39 is 11.6 Å². The molecule has 1 aromatic carbocycles. The number of aryl methyl sites for hydroxylation is 1. The van der Waals surface area contributed by atoms with E-state index in [1.54, 1.807) is 0 Å². The summed E-state index contributed by atoms with van der Waals surface area (Å²) < 4.78 is 26.9. The number of halogens is 1. The lowest BCUT2D eigenvalue weighted by atomic mass is 9.68. The molecule has 0 unspecified atom stereocenters. The second-order valence-corrected chi connectivity index (χ2v) is 13.4. The van der Waals surface area contributed by atoms with Gasteiger partial charge < -0.3 is 24.8 Å². The Morgan fingerprint density at radius 2 is 2.07 bits per heavy atom. The number of fused-ring (bicyclic) bond motifs is 4. The number of hydrogen-bond acceptors (Lipinski definition) is 10. The van der Waals surface area contributed by atoms with E-state index in [0.29, 0.717) is 47.7 Å². The molecule has 44 heavy (non-hydrogen) atoms. The second kappa shape index (κ2) is 11.0. The average molecular weight is 601 g/mol. The minimum atomic E-state index is -0.855. The van der Waals surface area contributed by atoms with E-state index in [1.807, 2.05) is 37.1 Å². The molecule has 2 aliphatic carbocycles. The number of anilines is 2. The molecule has 232 valence electrons. The number of rotatable bonds is 6. The molecule has 2 N–H and O–H groups in total. The van der Waals surface area contributed by atoms with Gasteiger partial charge in [0.05, 0.1) is 11.0 Å². The maximum atomic E-state index is 14.2. The van der Waals surface area contributed by atoms with E-state index in [-0.39, 0.29) is 12.1 Å². The highest BCUT2D eigenvalue weighted by Gasteiger charge is 2.49. The summed E-state index contributed by atoms with van der Waals surface area (Å²) in [4.78, 5) is 16.5. The molecular formula is C33H41FN8O2. The van der Waals surface area contributed by atoms with Crippen LogP contribution in [0.1, 0.15) is 67.0 Å². The zero-order valence-electron chi connectivity index (χ0n) is 26.0. The summed E-state index contributed by atoms with van der Waals surface area (Å²) in [6, 6.07) is 8.55. The fourth-order valence-electron chi connectivity index (χ4n) is 8.16. The highest BCUT2D eigenvalue weighted by atomic mass is 19.1. The predicted molar refractivity (Wildman–Crippen MR) is 165 cm³/mol. The van der Waals surface area contributed by atoms with Gasteiger partial charge in [-0.25, -0.2) is 9.37 Å². The molecule has 0 radical (unpaired) electrons. The largest absolute Gasteiger partial charge is 0.473 e. The van der Waals surface area contributed by atoms with Gasteiger partial charge in [0, 0.05) is 49.0 Å². The van der Waals surface area contributed by atoms with Gasteiger partial charge in [-0.2, -0.15) is 10.2 Å². The normalized spacial score (nSPS) is 27.1. The third kappa shape index (κ3) is 4.70. The Balaban J connectivity index is 1.29. The van der Waals surface area contributed by atoms with Crippen LogP contribution in [0.3, 0.4) is 0 Å². The van der Waals surface area contributed by atoms with Crippen molar-refractivity contribution < 1.29 is 13.7 Å². The van der Waals surface area contributed by atoms with E-state index in [9.17, 15) is 9.65 Å². The molecule has 10 nitrogen and oxygen atoms in total.